The van der Waals surface area contributed by atoms with E-state index < -0.39 is 11.0 Å². The summed E-state index contributed by atoms with van der Waals surface area (Å²) in [6.07, 6.45) is 7.39. The molecule has 0 aliphatic heterocycles. The molecule has 0 fully saturated rings. The lowest BCUT2D eigenvalue weighted by Gasteiger charge is -2.06. The average molecular weight is 213 g/mol. The molecule has 0 radical (unpaired) electrons. The van der Waals surface area contributed by atoms with Crippen molar-refractivity contribution in [2.45, 2.75) is 26.7 Å². The summed E-state index contributed by atoms with van der Waals surface area (Å²) in [4.78, 5) is 0.856. The van der Waals surface area contributed by atoms with Gasteiger partial charge in [-0.1, -0.05) is 37.6 Å². The van der Waals surface area contributed by atoms with E-state index in [-0.39, 0.29) is 0 Å². The molecular weight excluding hydrogens is 194 g/mol. The SMILES string of the molecule is C=C/C=C\C(=C(/C)CCC)S(=O)NC. The monoisotopic (exact) mass is 213 g/mol. The fourth-order valence-corrected chi connectivity index (χ4v) is 1.97. The molecule has 1 atom stereocenters. The van der Waals surface area contributed by atoms with Gasteiger partial charge in [-0.3, -0.25) is 0 Å². The van der Waals surface area contributed by atoms with Crippen LogP contribution in [0.1, 0.15) is 26.7 Å². The quantitative estimate of drug-likeness (QED) is 0.675. The Kier molecular flexibility index (Phi) is 7.34. The minimum absolute atomic E-state index is 0.856. The molecule has 0 spiro atoms. The summed E-state index contributed by atoms with van der Waals surface area (Å²) < 4.78 is 14.3. The fraction of sp³-hybridized carbons (Fsp3) is 0.455. The first-order valence-electron chi connectivity index (χ1n) is 4.75. The molecule has 0 bridgehead atoms. The van der Waals surface area contributed by atoms with Gasteiger partial charge in [0.15, 0.2) is 0 Å². The van der Waals surface area contributed by atoms with E-state index in [4.69, 9.17) is 0 Å². The normalized spacial score (nSPS) is 15.4. The Balaban J connectivity index is 4.86. The number of rotatable bonds is 6. The van der Waals surface area contributed by atoms with Crippen LogP contribution < -0.4 is 4.72 Å². The first-order valence-corrected chi connectivity index (χ1v) is 5.90. The second-order valence-corrected chi connectivity index (χ2v) is 4.35. The molecule has 0 aromatic heterocycles. The van der Waals surface area contributed by atoms with Crippen molar-refractivity contribution in [1.29, 1.82) is 0 Å². The Labute approximate surface area is 89.4 Å². The summed E-state index contributed by atoms with van der Waals surface area (Å²) in [5, 5.41) is 0. The van der Waals surface area contributed by atoms with E-state index in [2.05, 4.69) is 18.2 Å². The molecule has 0 saturated carbocycles. The molecule has 3 heteroatoms. The van der Waals surface area contributed by atoms with Gasteiger partial charge in [0.2, 0.25) is 0 Å². The smallest absolute Gasteiger partial charge is 0.124 e. The molecule has 0 aliphatic rings. The zero-order valence-corrected chi connectivity index (χ0v) is 9.99. The predicted molar refractivity (Wildman–Crippen MR) is 64.1 cm³/mol. The van der Waals surface area contributed by atoms with E-state index in [0.29, 0.717) is 0 Å². The lowest BCUT2D eigenvalue weighted by molar-refractivity contribution is 0.682. The summed E-state index contributed by atoms with van der Waals surface area (Å²) in [7, 11) is 0.589. The predicted octanol–water partition coefficient (Wildman–Crippen LogP) is 2.69. The standard InChI is InChI=1S/C11H19NOS/c1-5-7-9-11(14(13)12-4)10(3)8-6-2/h5,7,9,12H,1,6,8H2,2-4H3/b9-7-,11-10-. The van der Waals surface area contributed by atoms with Crippen LogP contribution in [0.4, 0.5) is 0 Å². The molecule has 14 heavy (non-hydrogen) atoms. The minimum atomic E-state index is -1.10. The highest BCUT2D eigenvalue weighted by molar-refractivity contribution is 7.87. The highest BCUT2D eigenvalue weighted by Crippen LogP contribution is 2.14. The van der Waals surface area contributed by atoms with Crippen LogP contribution in [0.3, 0.4) is 0 Å². The molecule has 0 rings (SSSR count). The van der Waals surface area contributed by atoms with Gasteiger partial charge in [0.05, 0.1) is 4.91 Å². The van der Waals surface area contributed by atoms with Gasteiger partial charge in [0, 0.05) is 0 Å². The second-order valence-electron chi connectivity index (χ2n) is 2.96. The van der Waals surface area contributed by atoms with Crippen molar-refractivity contribution < 1.29 is 4.21 Å². The van der Waals surface area contributed by atoms with Gasteiger partial charge in [0.1, 0.15) is 11.0 Å². The van der Waals surface area contributed by atoms with Gasteiger partial charge in [-0.2, -0.15) is 0 Å². The first-order chi connectivity index (χ1) is 6.67. The maximum Gasteiger partial charge on any atom is 0.124 e. The zero-order valence-electron chi connectivity index (χ0n) is 9.17. The third-order valence-electron chi connectivity index (χ3n) is 1.81. The molecule has 2 nitrogen and oxygen atoms in total. The number of allylic oxidation sites excluding steroid dienone is 4. The summed E-state index contributed by atoms with van der Waals surface area (Å²) in [5.41, 5.74) is 1.17. The van der Waals surface area contributed by atoms with Gasteiger partial charge in [-0.15, -0.1) is 0 Å². The van der Waals surface area contributed by atoms with E-state index in [1.54, 1.807) is 13.1 Å². The molecule has 0 saturated heterocycles. The Morgan fingerprint density at radius 1 is 1.57 bits per heavy atom. The lowest BCUT2D eigenvalue weighted by atomic mass is 10.1. The molecule has 0 aromatic carbocycles. The molecule has 0 aliphatic carbocycles. The molecular formula is C11H19NOS. The number of hydrogen-bond donors (Lipinski definition) is 1. The van der Waals surface area contributed by atoms with Crippen LogP contribution in [0.5, 0.6) is 0 Å². The van der Waals surface area contributed by atoms with Crippen molar-refractivity contribution in [3.8, 4) is 0 Å². The summed E-state index contributed by atoms with van der Waals surface area (Å²) >= 11 is 0. The topological polar surface area (TPSA) is 29.1 Å². The minimum Gasteiger partial charge on any atom is -0.238 e. The maximum absolute atomic E-state index is 11.6. The fourth-order valence-electron chi connectivity index (χ4n) is 1.13. The highest BCUT2D eigenvalue weighted by Gasteiger charge is 2.05. The van der Waals surface area contributed by atoms with Gasteiger partial charge >= 0.3 is 0 Å². The van der Waals surface area contributed by atoms with Crippen molar-refractivity contribution >= 4 is 11.0 Å². The molecule has 1 unspecified atom stereocenters. The molecule has 0 amide bonds. The van der Waals surface area contributed by atoms with E-state index in [9.17, 15) is 4.21 Å². The van der Waals surface area contributed by atoms with E-state index in [0.717, 1.165) is 17.7 Å². The summed E-state index contributed by atoms with van der Waals surface area (Å²) in [6.45, 7) is 7.72. The Morgan fingerprint density at radius 3 is 2.64 bits per heavy atom. The van der Waals surface area contributed by atoms with Crippen molar-refractivity contribution in [3.05, 3.63) is 35.3 Å². The maximum atomic E-state index is 11.6. The van der Waals surface area contributed by atoms with Gasteiger partial charge in [-0.25, -0.2) is 8.93 Å². The third-order valence-corrected chi connectivity index (χ3v) is 3.07. The summed E-state index contributed by atoms with van der Waals surface area (Å²) in [5.74, 6) is 0. The molecule has 0 heterocycles. The van der Waals surface area contributed by atoms with Crippen LogP contribution in [-0.4, -0.2) is 11.3 Å². The van der Waals surface area contributed by atoms with Crippen LogP contribution in [0.2, 0.25) is 0 Å². The average Bonchev–Trinajstić information content (AvgIpc) is 2.18. The first kappa shape index (κ1) is 13.3. The van der Waals surface area contributed by atoms with Crippen LogP contribution in [0.25, 0.3) is 0 Å². The van der Waals surface area contributed by atoms with E-state index >= 15 is 0 Å². The third kappa shape index (κ3) is 4.53. The molecule has 0 aromatic rings. The Morgan fingerprint density at radius 2 is 2.21 bits per heavy atom. The van der Waals surface area contributed by atoms with Gasteiger partial charge in [-0.05, 0) is 26.5 Å². The number of hydrogen-bond acceptors (Lipinski definition) is 1. The van der Waals surface area contributed by atoms with Crippen molar-refractivity contribution in [2.24, 2.45) is 0 Å². The van der Waals surface area contributed by atoms with Crippen molar-refractivity contribution in [1.82, 2.24) is 4.72 Å². The number of nitrogens with one attached hydrogen (secondary N) is 1. The second kappa shape index (κ2) is 7.71. The van der Waals surface area contributed by atoms with Crippen LogP contribution in [-0.2, 0) is 11.0 Å². The van der Waals surface area contributed by atoms with Crippen molar-refractivity contribution in [2.75, 3.05) is 7.05 Å². The largest absolute Gasteiger partial charge is 0.238 e. The van der Waals surface area contributed by atoms with Crippen molar-refractivity contribution in [3.63, 3.8) is 0 Å². The Hall–Kier alpha value is -0.670. The lowest BCUT2D eigenvalue weighted by Crippen LogP contribution is -2.12. The van der Waals surface area contributed by atoms with Crippen LogP contribution in [0, 0.1) is 0 Å². The summed E-state index contributed by atoms with van der Waals surface area (Å²) in [6, 6.07) is 0. The van der Waals surface area contributed by atoms with Gasteiger partial charge < -0.3 is 0 Å². The molecule has 1 N–H and O–H groups in total. The zero-order chi connectivity index (χ0) is 11.0. The van der Waals surface area contributed by atoms with E-state index in [1.807, 2.05) is 19.1 Å². The molecule has 80 valence electrons. The van der Waals surface area contributed by atoms with E-state index in [1.165, 1.54) is 5.57 Å². The van der Waals surface area contributed by atoms with Gasteiger partial charge in [0.25, 0.3) is 0 Å². The van der Waals surface area contributed by atoms with Crippen LogP contribution in [0.15, 0.2) is 35.3 Å². The Bertz CT molecular complexity index is 266. The highest BCUT2D eigenvalue weighted by atomic mass is 32.2. The van der Waals surface area contributed by atoms with Crippen LogP contribution >= 0.6 is 0 Å².